The Morgan fingerprint density at radius 3 is 2.23 bits per heavy atom. The number of aromatic nitrogens is 2. The fraction of sp³-hybridized carbons (Fsp3) is 0.292. The van der Waals surface area contributed by atoms with E-state index in [0.29, 0.717) is 16.4 Å². The van der Waals surface area contributed by atoms with Gasteiger partial charge in [-0.25, -0.2) is 9.97 Å². The third kappa shape index (κ3) is 4.12. The molecule has 1 aliphatic heterocycles. The van der Waals surface area contributed by atoms with Crippen molar-refractivity contribution in [2.75, 3.05) is 42.2 Å². The molecule has 0 unspecified atom stereocenters. The standard InChI is InChI=1S/C24H25N5S/c1-17-7-9-19(10-8-17)22-21(16-25)23(27-24(26-22)30-3)29-13-11-28(12-14-29)20-6-4-5-18(2)15-20/h4-10,15H,11-14H2,1-3H3. The molecule has 4 rings (SSSR count). The van der Waals surface area contributed by atoms with Crippen LogP contribution >= 0.6 is 11.8 Å². The van der Waals surface area contributed by atoms with E-state index < -0.39 is 0 Å². The Kier molecular flexibility index (Phi) is 5.91. The van der Waals surface area contributed by atoms with Crippen molar-refractivity contribution in [2.45, 2.75) is 19.0 Å². The second-order valence-corrected chi connectivity index (χ2v) is 8.32. The van der Waals surface area contributed by atoms with Crippen molar-refractivity contribution in [1.29, 1.82) is 5.26 Å². The molecule has 0 amide bonds. The van der Waals surface area contributed by atoms with Crippen LogP contribution < -0.4 is 9.80 Å². The number of nitrogens with zero attached hydrogens (tertiary/aromatic N) is 5. The zero-order valence-corrected chi connectivity index (χ0v) is 18.4. The van der Waals surface area contributed by atoms with Crippen molar-refractivity contribution in [3.8, 4) is 17.3 Å². The smallest absolute Gasteiger partial charge is 0.189 e. The van der Waals surface area contributed by atoms with Crippen LogP contribution in [0.2, 0.25) is 0 Å². The van der Waals surface area contributed by atoms with Crippen molar-refractivity contribution < 1.29 is 0 Å². The second-order valence-electron chi connectivity index (χ2n) is 7.55. The minimum atomic E-state index is 0.556. The van der Waals surface area contributed by atoms with Gasteiger partial charge in [0.25, 0.3) is 0 Å². The van der Waals surface area contributed by atoms with Gasteiger partial charge in [-0.2, -0.15) is 5.26 Å². The third-order valence-corrected chi connectivity index (χ3v) is 5.98. The molecule has 1 aliphatic rings. The quantitative estimate of drug-likeness (QED) is 0.455. The number of rotatable bonds is 4. The Hall–Kier alpha value is -3.04. The van der Waals surface area contributed by atoms with Crippen LogP contribution in [0.15, 0.2) is 53.7 Å². The average molecular weight is 416 g/mol. The van der Waals surface area contributed by atoms with Crippen molar-refractivity contribution in [2.24, 2.45) is 0 Å². The number of nitriles is 1. The Labute approximate surface area is 182 Å². The molecule has 3 aromatic rings. The summed E-state index contributed by atoms with van der Waals surface area (Å²) in [4.78, 5) is 14.0. The highest BCUT2D eigenvalue weighted by Crippen LogP contribution is 2.31. The molecule has 0 bridgehead atoms. The van der Waals surface area contributed by atoms with Crippen LogP contribution in [0.5, 0.6) is 0 Å². The molecule has 30 heavy (non-hydrogen) atoms. The van der Waals surface area contributed by atoms with Gasteiger partial charge >= 0.3 is 0 Å². The molecule has 1 aromatic heterocycles. The minimum absolute atomic E-state index is 0.556. The number of aryl methyl sites for hydroxylation is 2. The first kappa shape index (κ1) is 20.2. The van der Waals surface area contributed by atoms with Crippen LogP contribution in [0.1, 0.15) is 16.7 Å². The van der Waals surface area contributed by atoms with Gasteiger partial charge in [0.1, 0.15) is 11.6 Å². The van der Waals surface area contributed by atoms with E-state index in [1.54, 1.807) is 0 Å². The summed E-state index contributed by atoms with van der Waals surface area (Å²) in [6.07, 6.45) is 1.97. The van der Waals surface area contributed by atoms with E-state index in [4.69, 9.17) is 4.98 Å². The van der Waals surface area contributed by atoms with Crippen LogP contribution in [0.25, 0.3) is 11.3 Å². The lowest BCUT2D eigenvalue weighted by atomic mass is 10.0. The van der Waals surface area contributed by atoms with E-state index in [1.807, 2.05) is 18.4 Å². The van der Waals surface area contributed by atoms with Crippen molar-refractivity contribution >= 4 is 23.3 Å². The van der Waals surface area contributed by atoms with E-state index >= 15 is 0 Å². The Morgan fingerprint density at radius 1 is 0.900 bits per heavy atom. The summed E-state index contributed by atoms with van der Waals surface area (Å²) < 4.78 is 0. The summed E-state index contributed by atoms with van der Waals surface area (Å²) in [5.74, 6) is 0.747. The first-order valence-electron chi connectivity index (χ1n) is 10.1. The molecule has 5 nitrogen and oxygen atoms in total. The summed E-state index contributed by atoms with van der Waals surface area (Å²) in [5.41, 5.74) is 5.93. The normalized spacial score (nSPS) is 13.9. The molecule has 0 radical (unpaired) electrons. The van der Waals surface area contributed by atoms with Crippen LogP contribution in [-0.2, 0) is 0 Å². The van der Waals surface area contributed by atoms with Gasteiger partial charge in [0.05, 0.1) is 5.69 Å². The maximum absolute atomic E-state index is 10.00. The number of thioether (sulfide) groups is 1. The summed E-state index contributed by atoms with van der Waals surface area (Å²) >= 11 is 1.51. The molecule has 2 aromatic carbocycles. The van der Waals surface area contributed by atoms with E-state index in [0.717, 1.165) is 37.6 Å². The third-order valence-electron chi connectivity index (χ3n) is 5.43. The van der Waals surface area contributed by atoms with Gasteiger partial charge in [-0.15, -0.1) is 0 Å². The van der Waals surface area contributed by atoms with Gasteiger partial charge in [0.15, 0.2) is 11.0 Å². The van der Waals surface area contributed by atoms with Crippen molar-refractivity contribution in [1.82, 2.24) is 9.97 Å². The van der Waals surface area contributed by atoms with Crippen LogP contribution in [0.4, 0.5) is 11.5 Å². The Morgan fingerprint density at radius 2 is 1.60 bits per heavy atom. The summed E-state index contributed by atoms with van der Waals surface area (Å²) in [6, 6.07) is 19.2. The van der Waals surface area contributed by atoms with Gasteiger partial charge < -0.3 is 9.80 Å². The molecule has 152 valence electrons. The van der Waals surface area contributed by atoms with E-state index in [-0.39, 0.29) is 0 Å². The van der Waals surface area contributed by atoms with Gasteiger partial charge in [-0.1, -0.05) is 53.7 Å². The summed E-state index contributed by atoms with van der Waals surface area (Å²) in [6.45, 7) is 7.61. The van der Waals surface area contributed by atoms with Gasteiger partial charge in [-0.3, -0.25) is 0 Å². The predicted molar refractivity (Wildman–Crippen MR) is 124 cm³/mol. The lowest BCUT2D eigenvalue weighted by Crippen LogP contribution is -2.47. The Bertz CT molecular complexity index is 1080. The first-order valence-corrected chi connectivity index (χ1v) is 11.3. The highest BCUT2D eigenvalue weighted by molar-refractivity contribution is 7.98. The zero-order valence-electron chi connectivity index (χ0n) is 17.6. The fourth-order valence-electron chi connectivity index (χ4n) is 3.77. The van der Waals surface area contributed by atoms with Gasteiger partial charge in [0, 0.05) is 37.4 Å². The topological polar surface area (TPSA) is 56.1 Å². The van der Waals surface area contributed by atoms with E-state index in [9.17, 15) is 5.26 Å². The molecule has 0 saturated carbocycles. The Balaban J connectivity index is 1.65. The second kappa shape index (κ2) is 8.76. The van der Waals surface area contributed by atoms with Gasteiger partial charge in [0.2, 0.25) is 0 Å². The predicted octanol–water partition coefficient (Wildman–Crippen LogP) is 4.68. The molecule has 2 heterocycles. The molecule has 0 aliphatic carbocycles. The van der Waals surface area contributed by atoms with Crippen molar-refractivity contribution in [3.05, 3.63) is 65.2 Å². The molecular weight excluding hydrogens is 390 g/mol. The highest BCUT2D eigenvalue weighted by Gasteiger charge is 2.24. The summed E-state index contributed by atoms with van der Waals surface area (Å²) in [5, 5.41) is 10.7. The minimum Gasteiger partial charge on any atom is -0.368 e. The number of anilines is 2. The summed E-state index contributed by atoms with van der Waals surface area (Å²) in [7, 11) is 0. The average Bonchev–Trinajstić information content (AvgIpc) is 2.79. The number of piperazine rings is 1. The lowest BCUT2D eigenvalue weighted by Gasteiger charge is -2.37. The molecule has 0 atom stereocenters. The molecule has 0 spiro atoms. The van der Waals surface area contributed by atoms with Crippen LogP contribution in [0, 0.1) is 25.2 Å². The maximum atomic E-state index is 10.00. The van der Waals surface area contributed by atoms with Crippen LogP contribution in [0.3, 0.4) is 0 Å². The van der Waals surface area contributed by atoms with E-state index in [2.05, 4.69) is 71.1 Å². The number of hydrogen-bond donors (Lipinski definition) is 0. The molecular formula is C24H25N5S. The number of benzene rings is 2. The maximum Gasteiger partial charge on any atom is 0.189 e. The molecule has 1 saturated heterocycles. The lowest BCUT2D eigenvalue weighted by molar-refractivity contribution is 0.643. The number of hydrogen-bond acceptors (Lipinski definition) is 6. The first-order chi connectivity index (χ1) is 14.6. The SMILES string of the molecule is CSc1nc(-c2ccc(C)cc2)c(C#N)c(N2CCN(c3cccc(C)c3)CC2)n1. The highest BCUT2D eigenvalue weighted by atomic mass is 32.2. The largest absolute Gasteiger partial charge is 0.368 e. The van der Waals surface area contributed by atoms with Gasteiger partial charge in [-0.05, 0) is 37.8 Å². The van der Waals surface area contributed by atoms with Crippen molar-refractivity contribution in [3.63, 3.8) is 0 Å². The molecule has 6 heteroatoms. The molecule has 1 fully saturated rings. The monoisotopic (exact) mass is 415 g/mol. The van der Waals surface area contributed by atoms with Crippen LogP contribution in [-0.4, -0.2) is 42.4 Å². The zero-order chi connectivity index (χ0) is 21.1. The molecule has 0 N–H and O–H groups in total. The fourth-order valence-corrected chi connectivity index (χ4v) is 4.13. The van der Waals surface area contributed by atoms with E-state index in [1.165, 1.54) is 28.6 Å².